The highest BCUT2D eigenvalue weighted by molar-refractivity contribution is 5.69. The fraction of sp³-hybridized carbons (Fsp3) is 0.750. The molecular formula is C12H21NO2. The quantitative estimate of drug-likeness (QED) is 0.684. The van der Waals surface area contributed by atoms with Crippen LogP contribution in [0, 0.1) is 5.92 Å². The lowest BCUT2D eigenvalue weighted by atomic mass is 9.94. The number of allylic oxidation sites excluding steroid dienone is 2. The molecule has 86 valence electrons. The van der Waals surface area contributed by atoms with Crippen molar-refractivity contribution in [1.82, 2.24) is 4.90 Å². The van der Waals surface area contributed by atoms with Crippen LogP contribution in [0.25, 0.3) is 0 Å². The van der Waals surface area contributed by atoms with Crippen LogP contribution in [0.2, 0.25) is 0 Å². The van der Waals surface area contributed by atoms with Crippen molar-refractivity contribution in [3.63, 3.8) is 0 Å². The lowest BCUT2D eigenvalue weighted by Gasteiger charge is -2.26. The number of nitrogens with zero attached hydrogens (tertiary/aromatic N) is 1. The minimum absolute atomic E-state index is 0.189. The maximum atomic E-state index is 10.7. The van der Waals surface area contributed by atoms with E-state index in [2.05, 4.69) is 24.0 Å². The summed E-state index contributed by atoms with van der Waals surface area (Å²) in [6.07, 6.45) is 8.93. The van der Waals surface area contributed by atoms with Gasteiger partial charge in [-0.25, -0.2) is 0 Å². The van der Waals surface area contributed by atoms with E-state index in [4.69, 9.17) is 5.11 Å². The summed E-state index contributed by atoms with van der Waals surface area (Å²) in [5, 5.41) is 8.78. The molecule has 0 spiro atoms. The van der Waals surface area contributed by atoms with Gasteiger partial charge in [0.15, 0.2) is 0 Å². The summed E-state index contributed by atoms with van der Waals surface area (Å²) in [5.74, 6) is -0.0595. The van der Waals surface area contributed by atoms with Crippen LogP contribution in [0.5, 0.6) is 0 Å². The normalized spacial score (nSPS) is 20.8. The molecule has 1 aliphatic carbocycles. The molecule has 0 aromatic rings. The van der Waals surface area contributed by atoms with E-state index < -0.39 is 5.97 Å². The zero-order valence-corrected chi connectivity index (χ0v) is 9.48. The van der Waals surface area contributed by atoms with Gasteiger partial charge in [-0.3, -0.25) is 9.69 Å². The molecule has 0 aliphatic heterocycles. The molecule has 0 fully saturated rings. The third kappa shape index (κ3) is 4.98. The van der Waals surface area contributed by atoms with E-state index in [-0.39, 0.29) is 6.54 Å². The molecule has 3 nitrogen and oxygen atoms in total. The molecule has 1 N–H and O–H groups in total. The third-order valence-electron chi connectivity index (χ3n) is 2.79. The van der Waals surface area contributed by atoms with Crippen molar-refractivity contribution in [2.45, 2.75) is 32.6 Å². The van der Waals surface area contributed by atoms with Crippen molar-refractivity contribution in [3.05, 3.63) is 12.2 Å². The summed E-state index contributed by atoms with van der Waals surface area (Å²) in [6.45, 7) is 4.11. The van der Waals surface area contributed by atoms with Crippen LogP contribution in [0.4, 0.5) is 0 Å². The van der Waals surface area contributed by atoms with E-state index in [0.717, 1.165) is 32.4 Å². The highest BCUT2D eigenvalue weighted by Gasteiger charge is 2.16. The molecular weight excluding hydrogens is 190 g/mol. The van der Waals surface area contributed by atoms with E-state index in [0.29, 0.717) is 5.92 Å². The Balaban J connectivity index is 2.35. The van der Waals surface area contributed by atoms with Gasteiger partial charge in [-0.2, -0.15) is 0 Å². The average Bonchev–Trinajstić information content (AvgIpc) is 2.18. The zero-order valence-electron chi connectivity index (χ0n) is 9.48. The molecule has 15 heavy (non-hydrogen) atoms. The molecule has 0 saturated carbocycles. The Morgan fingerprint density at radius 3 is 2.87 bits per heavy atom. The fourth-order valence-corrected chi connectivity index (χ4v) is 2.13. The van der Waals surface area contributed by atoms with E-state index in [1.54, 1.807) is 0 Å². The first-order chi connectivity index (χ1) is 7.22. The second-order valence-electron chi connectivity index (χ2n) is 4.28. The van der Waals surface area contributed by atoms with Gasteiger partial charge >= 0.3 is 5.97 Å². The van der Waals surface area contributed by atoms with Gasteiger partial charge in [0.05, 0.1) is 6.54 Å². The van der Waals surface area contributed by atoms with Crippen LogP contribution in [-0.4, -0.2) is 35.6 Å². The van der Waals surface area contributed by atoms with Gasteiger partial charge in [-0.15, -0.1) is 0 Å². The van der Waals surface area contributed by atoms with Crippen LogP contribution in [0.15, 0.2) is 12.2 Å². The molecule has 1 unspecified atom stereocenters. The Morgan fingerprint density at radius 1 is 1.53 bits per heavy atom. The predicted molar refractivity (Wildman–Crippen MR) is 60.8 cm³/mol. The number of hydrogen-bond donors (Lipinski definition) is 1. The summed E-state index contributed by atoms with van der Waals surface area (Å²) in [7, 11) is 0. The summed E-state index contributed by atoms with van der Waals surface area (Å²) in [5.41, 5.74) is 0. The molecule has 0 amide bonds. The fourth-order valence-electron chi connectivity index (χ4n) is 2.13. The molecule has 3 heteroatoms. The Bertz CT molecular complexity index is 226. The summed E-state index contributed by atoms with van der Waals surface area (Å²) >= 11 is 0. The standard InChI is InChI=1S/C12H21NO2/c1-2-8-13(10-12(14)15)9-11-6-4-3-5-7-11/h3-4,11H,2,5-10H2,1H3,(H,14,15). The van der Waals surface area contributed by atoms with Gasteiger partial charge in [0.2, 0.25) is 0 Å². The number of carbonyl (C=O) groups is 1. The van der Waals surface area contributed by atoms with Gasteiger partial charge in [0.25, 0.3) is 0 Å². The van der Waals surface area contributed by atoms with E-state index in [1.165, 1.54) is 6.42 Å². The molecule has 0 aromatic heterocycles. The molecule has 0 bridgehead atoms. The minimum atomic E-state index is -0.713. The number of carboxylic acids is 1. The number of aliphatic carboxylic acids is 1. The third-order valence-corrected chi connectivity index (χ3v) is 2.79. The van der Waals surface area contributed by atoms with Gasteiger partial charge < -0.3 is 5.11 Å². The zero-order chi connectivity index (χ0) is 11.1. The van der Waals surface area contributed by atoms with Crippen LogP contribution in [0.1, 0.15) is 32.6 Å². The van der Waals surface area contributed by atoms with Gasteiger partial charge in [-0.05, 0) is 38.1 Å². The molecule has 0 aromatic carbocycles. The molecule has 1 rings (SSSR count). The summed E-state index contributed by atoms with van der Waals surface area (Å²) in [6, 6.07) is 0. The first-order valence-corrected chi connectivity index (χ1v) is 5.81. The van der Waals surface area contributed by atoms with Crippen molar-refractivity contribution in [2.24, 2.45) is 5.92 Å². The lowest BCUT2D eigenvalue weighted by Crippen LogP contribution is -2.35. The lowest BCUT2D eigenvalue weighted by molar-refractivity contribution is -0.138. The molecule has 1 aliphatic rings. The van der Waals surface area contributed by atoms with Crippen LogP contribution >= 0.6 is 0 Å². The maximum Gasteiger partial charge on any atom is 0.317 e. The largest absolute Gasteiger partial charge is 0.480 e. The highest BCUT2D eigenvalue weighted by Crippen LogP contribution is 2.19. The maximum absolute atomic E-state index is 10.7. The van der Waals surface area contributed by atoms with Crippen molar-refractivity contribution >= 4 is 5.97 Å². The Labute approximate surface area is 91.8 Å². The van der Waals surface area contributed by atoms with Gasteiger partial charge in [-0.1, -0.05) is 19.1 Å². The van der Waals surface area contributed by atoms with Crippen LogP contribution < -0.4 is 0 Å². The topological polar surface area (TPSA) is 40.5 Å². The van der Waals surface area contributed by atoms with Crippen LogP contribution in [-0.2, 0) is 4.79 Å². The van der Waals surface area contributed by atoms with E-state index in [9.17, 15) is 4.79 Å². The smallest absolute Gasteiger partial charge is 0.317 e. The highest BCUT2D eigenvalue weighted by atomic mass is 16.4. The van der Waals surface area contributed by atoms with Crippen molar-refractivity contribution < 1.29 is 9.90 Å². The summed E-state index contributed by atoms with van der Waals surface area (Å²) < 4.78 is 0. The molecule has 0 heterocycles. The van der Waals surface area contributed by atoms with Gasteiger partial charge in [0.1, 0.15) is 0 Å². The van der Waals surface area contributed by atoms with E-state index in [1.807, 2.05) is 0 Å². The number of carboxylic acid groups (broad SMARTS) is 1. The Hall–Kier alpha value is -0.830. The first kappa shape index (κ1) is 12.2. The Kier molecular flexibility index (Phi) is 5.40. The predicted octanol–water partition coefficient (Wildman–Crippen LogP) is 2.14. The number of rotatable bonds is 6. The second-order valence-corrected chi connectivity index (χ2v) is 4.28. The average molecular weight is 211 g/mol. The van der Waals surface area contributed by atoms with Gasteiger partial charge in [0, 0.05) is 6.54 Å². The number of hydrogen-bond acceptors (Lipinski definition) is 2. The molecule has 0 radical (unpaired) electrons. The SMILES string of the molecule is CCCN(CC(=O)O)CC1CC=CCC1. The molecule has 1 atom stereocenters. The Morgan fingerprint density at radius 2 is 2.33 bits per heavy atom. The summed E-state index contributed by atoms with van der Waals surface area (Å²) in [4.78, 5) is 12.7. The minimum Gasteiger partial charge on any atom is -0.480 e. The monoisotopic (exact) mass is 211 g/mol. The van der Waals surface area contributed by atoms with E-state index >= 15 is 0 Å². The van der Waals surface area contributed by atoms with Crippen LogP contribution in [0.3, 0.4) is 0 Å². The van der Waals surface area contributed by atoms with Crippen molar-refractivity contribution in [1.29, 1.82) is 0 Å². The van der Waals surface area contributed by atoms with Crippen molar-refractivity contribution in [3.8, 4) is 0 Å². The van der Waals surface area contributed by atoms with Crippen molar-refractivity contribution in [2.75, 3.05) is 19.6 Å². The first-order valence-electron chi connectivity index (χ1n) is 5.81. The molecule has 0 saturated heterocycles. The second kappa shape index (κ2) is 6.62.